The van der Waals surface area contributed by atoms with Crippen molar-refractivity contribution in [3.8, 4) is 0 Å². The predicted molar refractivity (Wildman–Crippen MR) is 109 cm³/mol. The van der Waals surface area contributed by atoms with Crippen molar-refractivity contribution in [1.82, 2.24) is 25.1 Å². The fourth-order valence-electron chi connectivity index (χ4n) is 5.09. The quantitative estimate of drug-likeness (QED) is 0.726. The number of likely N-dealkylation sites (tertiary alicyclic amines) is 1. The summed E-state index contributed by atoms with van der Waals surface area (Å²) < 4.78 is 7.15. The molecular formula is C21H30ClN5O. The van der Waals surface area contributed by atoms with E-state index in [0.29, 0.717) is 18.6 Å². The highest BCUT2D eigenvalue weighted by molar-refractivity contribution is 6.30. The first kappa shape index (κ1) is 19.8. The van der Waals surface area contributed by atoms with Crippen molar-refractivity contribution in [1.29, 1.82) is 0 Å². The van der Waals surface area contributed by atoms with Gasteiger partial charge in [0.2, 0.25) is 0 Å². The van der Waals surface area contributed by atoms with Crippen LogP contribution in [0.3, 0.4) is 0 Å². The van der Waals surface area contributed by atoms with Crippen LogP contribution >= 0.6 is 11.6 Å². The number of rotatable bonds is 6. The van der Waals surface area contributed by atoms with E-state index >= 15 is 0 Å². The van der Waals surface area contributed by atoms with Gasteiger partial charge in [0.25, 0.3) is 0 Å². The Hall–Kier alpha value is -1.50. The third-order valence-corrected chi connectivity index (χ3v) is 6.72. The van der Waals surface area contributed by atoms with Crippen LogP contribution < -0.4 is 0 Å². The van der Waals surface area contributed by atoms with Crippen molar-refractivity contribution in [2.45, 2.75) is 57.5 Å². The van der Waals surface area contributed by atoms with E-state index in [1.165, 1.54) is 50.5 Å². The standard InChI is InChI=1S/C21H30ClN5O/c1-28-15-14-27-20(23-24-25-27)19(17-6-8-18(22)9-7-17)26-13-5-12-21(16-26)10-3-2-4-11-21/h6-9,19H,2-5,10-16H2,1H3. The van der Waals surface area contributed by atoms with Crippen LogP contribution in [0.1, 0.15) is 62.4 Å². The maximum atomic E-state index is 6.17. The maximum absolute atomic E-state index is 6.17. The number of hydrogen-bond donors (Lipinski definition) is 0. The number of aromatic nitrogens is 4. The summed E-state index contributed by atoms with van der Waals surface area (Å²) in [5.74, 6) is 0.896. The molecule has 1 saturated carbocycles. The molecule has 1 atom stereocenters. The van der Waals surface area contributed by atoms with E-state index in [1.807, 2.05) is 16.8 Å². The van der Waals surface area contributed by atoms with E-state index in [9.17, 15) is 0 Å². The third kappa shape index (κ3) is 4.24. The maximum Gasteiger partial charge on any atom is 0.173 e. The fourth-order valence-corrected chi connectivity index (χ4v) is 5.22. The lowest BCUT2D eigenvalue weighted by Crippen LogP contribution is -2.46. The fraction of sp³-hybridized carbons (Fsp3) is 0.667. The minimum absolute atomic E-state index is 0.0447. The minimum atomic E-state index is 0.0447. The molecule has 0 bridgehead atoms. The Morgan fingerprint density at radius 1 is 1.11 bits per heavy atom. The lowest BCUT2D eigenvalue weighted by molar-refractivity contribution is 0.0338. The first-order valence-corrected chi connectivity index (χ1v) is 10.8. The van der Waals surface area contributed by atoms with E-state index in [1.54, 1.807) is 7.11 Å². The molecule has 1 aromatic heterocycles. The van der Waals surface area contributed by atoms with Crippen molar-refractivity contribution in [2.24, 2.45) is 5.41 Å². The van der Waals surface area contributed by atoms with Gasteiger partial charge in [-0.15, -0.1) is 5.10 Å². The smallest absolute Gasteiger partial charge is 0.173 e. The van der Waals surface area contributed by atoms with Crippen LogP contribution in [-0.2, 0) is 11.3 Å². The zero-order valence-corrected chi connectivity index (χ0v) is 17.4. The number of benzene rings is 1. The Morgan fingerprint density at radius 2 is 1.86 bits per heavy atom. The van der Waals surface area contributed by atoms with Crippen molar-refractivity contribution < 1.29 is 4.74 Å². The average Bonchev–Trinajstić information content (AvgIpc) is 3.17. The van der Waals surface area contributed by atoms with Gasteiger partial charge in [-0.05, 0) is 65.8 Å². The number of methoxy groups -OCH3 is 1. The largest absolute Gasteiger partial charge is 0.383 e. The zero-order valence-electron chi connectivity index (χ0n) is 16.7. The average molecular weight is 404 g/mol. The second-order valence-corrected chi connectivity index (χ2v) is 8.78. The summed E-state index contributed by atoms with van der Waals surface area (Å²) >= 11 is 6.17. The monoisotopic (exact) mass is 403 g/mol. The predicted octanol–water partition coefficient (Wildman–Crippen LogP) is 4.11. The second kappa shape index (κ2) is 8.89. The molecule has 1 aliphatic heterocycles. The Morgan fingerprint density at radius 3 is 2.61 bits per heavy atom. The molecule has 1 aromatic carbocycles. The molecule has 0 radical (unpaired) electrons. The van der Waals surface area contributed by atoms with Crippen molar-refractivity contribution in [3.05, 3.63) is 40.7 Å². The molecule has 1 saturated heterocycles. The third-order valence-electron chi connectivity index (χ3n) is 6.47. The normalized spacial score (nSPS) is 21.1. The van der Waals surface area contributed by atoms with Gasteiger partial charge >= 0.3 is 0 Å². The molecule has 28 heavy (non-hydrogen) atoms. The lowest BCUT2D eigenvalue weighted by atomic mass is 9.69. The van der Waals surface area contributed by atoms with E-state index in [2.05, 4.69) is 32.6 Å². The Bertz CT molecular complexity index is 751. The molecule has 1 aliphatic carbocycles. The Kier molecular flexibility index (Phi) is 6.28. The van der Waals surface area contributed by atoms with Gasteiger partial charge < -0.3 is 4.74 Å². The van der Waals surface area contributed by atoms with Gasteiger partial charge in [0.05, 0.1) is 19.2 Å². The van der Waals surface area contributed by atoms with E-state index in [0.717, 1.165) is 23.9 Å². The minimum Gasteiger partial charge on any atom is -0.383 e. The highest BCUT2D eigenvalue weighted by Gasteiger charge is 2.40. The topological polar surface area (TPSA) is 56.1 Å². The van der Waals surface area contributed by atoms with E-state index in [-0.39, 0.29) is 6.04 Å². The molecule has 7 heteroatoms. The van der Waals surface area contributed by atoms with Crippen LogP contribution in [0.15, 0.2) is 24.3 Å². The molecule has 2 aliphatic rings. The van der Waals surface area contributed by atoms with Crippen LogP contribution in [0.25, 0.3) is 0 Å². The van der Waals surface area contributed by atoms with Gasteiger partial charge in [-0.2, -0.15) is 0 Å². The van der Waals surface area contributed by atoms with Crippen LogP contribution in [-0.4, -0.2) is 51.9 Å². The molecule has 152 valence electrons. The number of nitrogens with zero attached hydrogens (tertiary/aromatic N) is 5. The molecule has 6 nitrogen and oxygen atoms in total. The molecule has 0 amide bonds. The number of piperidine rings is 1. The van der Waals surface area contributed by atoms with Crippen LogP contribution in [0.5, 0.6) is 0 Å². The second-order valence-electron chi connectivity index (χ2n) is 8.34. The van der Waals surface area contributed by atoms with Gasteiger partial charge in [0.1, 0.15) is 0 Å². The van der Waals surface area contributed by atoms with Gasteiger partial charge in [-0.25, -0.2) is 4.68 Å². The van der Waals surface area contributed by atoms with Crippen LogP contribution in [0.2, 0.25) is 5.02 Å². The summed E-state index contributed by atoms with van der Waals surface area (Å²) in [6.07, 6.45) is 9.42. The van der Waals surface area contributed by atoms with E-state index in [4.69, 9.17) is 16.3 Å². The van der Waals surface area contributed by atoms with Gasteiger partial charge in [0, 0.05) is 18.7 Å². The lowest BCUT2D eigenvalue weighted by Gasteiger charge is -2.47. The Labute approximate surface area is 172 Å². The summed E-state index contributed by atoms with van der Waals surface area (Å²) in [5.41, 5.74) is 1.66. The van der Waals surface area contributed by atoms with Crippen molar-refractivity contribution >= 4 is 11.6 Å². The molecule has 0 N–H and O–H groups in total. The number of hydrogen-bond acceptors (Lipinski definition) is 5. The van der Waals surface area contributed by atoms with Crippen LogP contribution in [0.4, 0.5) is 0 Å². The van der Waals surface area contributed by atoms with Crippen molar-refractivity contribution in [3.63, 3.8) is 0 Å². The van der Waals surface area contributed by atoms with Crippen LogP contribution in [0, 0.1) is 5.41 Å². The van der Waals surface area contributed by atoms with Crippen molar-refractivity contribution in [2.75, 3.05) is 26.8 Å². The number of tetrazole rings is 1. The summed E-state index contributed by atoms with van der Waals surface area (Å²) in [5, 5.41) is 13.4. The molecule has 2 aromatic rings. The van der Waals surface area contributed by atoms with E-state index < -0.39 is 0 Å². The highest BCUT2D eigenvalue weighted by atomic mass is 35.5. The molecule has 2 heterocycles. The SMILES string of the molecule is COCCn1nnnc1C(c1ccc(Cl)cc1)N1CCCC2(CCCCC2)C1. The molecule has 1 unspecified atom stereocenters. The van der Waals surface area contributed by atoms with Gasteiger partial charge in [0.15, 0.2) is 5.82 Å². The number of ether oxygens (including phenoxy) is 1. The Balaban J connectivity index is 1.67. The molecular weight excluding hydrogens is 374 g/mol. The number of halogens is 1. The van der Waals surface area contributed by atoms with Gasteiger partial charge in [-0.3, -0.25) is 4.90 Å². The molecule has 1 spiro atoms. The summed E-state index contributed by atoms with van der Waals surface area (Å²) in [4.78, 5) is 2.60. The summed E-state index contributed by atoms with van der Waals surface area (Å²) in [6, 6.07) is 8.21. The highest BCUT2D eigenvalue weighted by Crippen LogP contribution is 2.45. The summed E-state index contributed by atoms with van der Waals surface area (Å²) in [7, 11) is 1.71. The summed E-state index contributed by atoms with van der Waals surface area (Å²) in [6.45, 7) is 3.45. The zero-order chi connectivity index (χ0) is 19.4. The first-order chi connectivity index (χ1) is 13.7. The van der Waals surface area contributed by atoms with Gasteiger partial charge in [-0.1, -0.05) is 43.0 Å². The first-order valence-electron chi connectivity index (χ1n) is 10.5. The molecule has 2 fully saturated rings. The molecule has 4 rings (SSSR count).